The summed E-state index contributed by atoms with van der Waals surface area (Å²) in [5, 5.41) is 2.37. The molecule has 2 rings (SSSR count). The lowest BCUT2D eigenvalue weighted by atomic mass is 10.2. The average molecular weight is 295 g/mol. The summed E-state index contributed by atoms with van der Waals surface area (Å²) in [6, 6.07) is 3.85. The van der Waals surface area contributed by atoms with Gasteiger partial charge in [0.15, 0.2) is 0 Å². The molecule has 20 heavy (non-hydrogen) atoms. The molecule has 0 bridgehead atoms. The van der Waals surface area contributed by atoms with Crippen molar-refractivity contribution in [1.29, 1.82) is 0 Å². The number of aromatic nitrogens is 1. The van der Waals surface area contributed by atoms with Crippen molar-refractivity contribution in [2.75, 3.05) is 33.0 Å². The molecule has 1 atom stereocenters. The van der Waals surface area contributed by atoms with Gasteiger partial charge in [0.1, 0.15) is 5.25 Å². The molecular formula is C14H21N3O2S. The number of ether oxygens (including phenoxy) is 1. The number of amides is 1. The number of hydrogen-bond donors (Lipinski definition) is 2. The largest absolute Gasteiger partial charge is 0.379 e. The van der Waals surface area contributed by atoms with E-state index in [2.05, 4.69) is 34.8 Å². The van der Waals surface area contributed by atoms with E-state index in [4.69, 9.17) is 4.74 Å². The molecule has 1 N–H and O–H groups in total. The van der Waals surface area contributed by atoms with Gasteiger partial charge in [0.2, 0.25) is 5.91 Å². The quantitative estimate of drug-likeness (QED) is 0.797. The van der Waals surface area contributed by atoms with Crippen LogP contribution in [0.1, 0.15) is 23.4 Å². The Kier molecular flexibility index (Phi) is 5.82. The zero-order valence-electron chi connectivity index (χ0n) is 11.7. The molecule has 6 heteroatoms. The minimum atomic E-state index is -0.526. The van der Waals surface area contributed by atoms with Crippen LogP contribution in [0.5, 0.6) is 0 Å². The number of pyridine rings is 1. The lowest BCUT2D eigenvalue weighted by molar-refractivity contribution is -0.121. The van der Waals surface area contributed by atoms with Crippen LogP contribution in [0.2, 0.25) is 0 Å². The number of morpholine rings is 1. The zero-order chi connectivity index (χ0) is 14.4. The molecule has 0 spiro atoms. The molecule has 1 saturated heterocycles. The van der Waals surface area contributed by atoms with Crippen molar-refractivity contribution in [3.8, 4) is 0 Å². The molecule has 1 aromatic rings. The van der Waals surface area contributed by atoms with Crippen molar-refractivity contribution in [2.45, 2.75) is 18.6 Å². The average Bonchev–Trinajstić information content (AvgIpc) is 2.53. The summed E-state index contributed by atoms with van der Waals surface area (Å²) in [6.07, 6.45) is 2.74. The Morgan fingerprint density at radius 2 is 2.25 bits per heavy atom. The fraction of sp³-hybridized carbons (Fsp3) is 0.571. The predicted molar refractivity (Wildman–Crippen MR) is 80.7 cm³/mol. The summed E-state index contributed by atoms with van der Waals surface area (Å²) in [7, 11) is 0. The van der Waals surface area contributed by atoms with Crippen molar-refractivity contribution < 1.29 is 9.53 Å². The first-order valence-electron chi connectivity index (χ1n) is 6.91. The van der Waals surface area contributed by atoms with E-state index in [0.29, 0.717) is 12.4 Å². The minimum Gasteiger partial charge on any atom is -0.379 e. The summed E-state index contributed by atoms with van der Waals surface area (Å²) < 4.78 is 5.27. The van der Waals surface area contributed by atoms with Gasteiger partial charge in [0.05, 0.1) is 25.6 Å². The number of nitrogens with zero attached hydrogens (tertiary/aromatic N) is 2. The minimum absolute atomic E-state index is 0.114. The summed E-state index contributed by atoms with van der Waals surface area (Å²) >= 11 is 4.36. The fourth-order valence-corrected chi connectivity index (χ4v) is 2.23. The van der Waals surface area contributed by atoms with Crippen LogP contribution in [0.3, 0.4) is 0 Å². The number of nitrogens with one attached hydrogen (secondary N) is 1. The van der Waals surface area contributed by atoms with Crippen LogP contribution in [-0.4, -0.2) is 48.8 Å². The molecule has 1 fully saturated rings. The second kappa shape index (κ2) is 7.61. The van der Waals surface area contributed by atoms with Crippen LogP contribution in [0.15, 0.2) is 18.3 Å². The van der Waals surface area contributed by atoms with Crippen LogP contribution in [0.4, 0.5) is 0 Å². The van der Waals surface area contributed by atoms with Crippen molar-refractivity contribution in [3.63, 3.8) is 0 Å². The summed E-state index contributed by atoms with van der Waals surface area (Å²) in [5.41, 5.74) is 1.84. The Morgan fingerprint density at radius 1 is 1.50 bits per heavy atom. The molecule has 0 saturated carbocycles. The molecule has 1 aliphatic rings. The first-order chi connectivity index (χ1) is 9.70. The Balaban J connectivity index is 1.83. The van der Waals surface area contributed by atoms with Gasteiger partial charge < -0.3 is 10.1 Å². The van der Waals surface area contributed by atoms with E-state index in [1.807, 2.05) is 12.1 Å². The van der Waals surface area contributed by atoms with Crippen LogP contribution >= 0.6 is 12.6 Å². The first-order valence-corrected chi connectivity index (χ1v) is 7.43. The Bertz CT molecular complexity index is 433. The van der Waals surface area contributed by atoms with Gasteiger partial charge in [0, 0.05) is 19.3 Å². The van der Waals surface area contributed by atoms with Crippen molar-refractivity contribution in [2.24, 2.45) is 0 Å². The third kappa shape index (κ3) is 4.19. The Morgan fingerprint density at radius 3 is 2.85 bits per heavy atom. The molecule has 2 heterocycles. The van der Waals surface area contributed by atoms with E-state index in [0.717, 1.165) is 38.3 Å². The lowest BCUT2D eigenvalue weighted by Gasteiger charge is -2.27. The van der Waals surface area contributed by atoms with E-state index in [1.165, 1.54) is 0 Å². The maximum absolute atomic E-state index is 12.1. The highest BCUT2D eigenvalue weighted by Crippen LogP contribution is 2.18. The number of aryl methyl sites for hydroxylation is 1. The second-order valence-corrected chi connectivity index (χ2v) is 5.29. The highest BCUT2D eigenvalue weighted by Gasteiger charge is 2.18. The molecule has 5 nitrogen and oxygen atoms in total. The number of carbonyl (C=O) groups excluding carboxylic acids is 1. The van der Waals surface area contributed by atoms with E-state index < -0.39 is 5.25 Å². The third-order valence-corrected chi connectivity index (χ3v) is 3.86. The predicted octanol–water partition coefficient (Wildman–Crippen LogP) is 1.02. The molecule has 110 valence electrons. The number of hydrogen-bond acceptors (Lipinski definition) is 5. The number of thiol groups is 1. The molecule has 1 aliphatic heterocycles. The van der Waals surface area contributed by atoms with Crippen LogP contribution < -0.4 is 5.32 Å². The molecule has 1 aromatic heterocycles. The molecule has 0 radical (unpaired) electrons. The maximum atomic E-state index is 12.1. The fourth-order valence-electron chi connectivity index (χ4n) is 1.99. The number of carbonyl (C=O) groups is 1. The summed E-state index contributed by atoms with van der Waals surface area (Å²) in [6.45, 7) is 5.75. The third-order valence-electron chi connectivity index (χ3n) is 3.36. The van der Waals surface area contributed by atoms with E-state index in [-0.39, 0.29) is 5.91 Å². The van der Waals surface area contributed by atoms with Gasteiger partial charge in [-0.25, -0.2) is 0 Å². The Hall–Kier alpha value is -1.11. The lowest BCUT2D eigenvalue weighted by Crippen LogP contribution is -2.44. The molecular weight excluding hydrogens is 274 g/mol. The van der Waals surface area contributed by atoms with Crippen molar-refractivity contribution >= 4 is 18.5 Å². The highest BCUT2D eigenvalue weighted by atomic mass is 32.1. The van der Waals surface area contributed by atoms with Crippen molar-refractivity contribution in [1.82, 2.24) is 15.2 Å². The van der Waals surface area contributed by atoms with Gasteiger partial charge in [-0.2, -0.15) is 12.6 Å². The summed E-state index contributed by atoms with van der Waals surface area (Å²) in [4.78, 5) is 18.5. The van der Waals surface area contributed by atoms with Crippen LogP contribution in [0, 0.1) is 0 Å². The topological polar surface area (TPSA) is 54.5 Å². The maximum Gasteiger partial charge on any atom is 0.239 e. The molecule has 1 amide bonds. The molecule has 0 aromatic carbocycles. The second-order valence-electron chi connectivity index (χ2n) is 4.78. The molecule has 0 aliphatic carbocycles. The smallest absolute Gasteiger partial charge is 0.239 e. The SMILES string of the molecule is CCc1ccc(C(S)C(=O)NCN2CCOCC2)nc1. The normalized spacial score (nSPS) is 17.7. The van der Waals surface area contributed by atoms with E-state index >= 15 is 0 Å². The molecule has 1 unspecified atom stereocenters. The highest BCUT2D eigenvalue weighted by molar-refractivity contribution is 7.81. The standard InChI is InChI=1S/C14H21N3O2S/c1-2-11-3-4-12(15-9-11)13(20)14(18)16-10-17-5-7-19-8-6-17/h3-4,9,13,20H,2,5-8,10H2,1H3,(H,16,18). The van der Waals surface area contributed by atoms with Crippen LogP contribution in [-0.2, 0) is 16.0 Å². The van der Waals surface area contributed by atoms with Gasteiger partial charge in [-0.1, -0.05) is 13.0 Å². The van der Waals surface area contributed by atoms with Crippen LogP contribution in [0.25, 0.3) is 0 Å². The van der Waals surface area contributed by atoms with Gasteiger partial charge >= 0.3 is 0 Å². The Labute approximate surface area is 125 Å². The van der Waals surface area contributed by atoms with E-state index in [1.54, 1.807) is 6.20 Å². The van der Waals surface area contributed by atoms with Gasteiger partial charge in [-0.05, 0) is 18.1 Å². The number of rotatable bonds is 5. The zero-order valence-corrected chi connectivity index (χ0v) is 12.6. The first kappa shape index (κ1) is 15.3. The summed E-state index contributed by atoms with van der Waals surface area (Å²) in [5.74, 6) is -0.114. The van der Waals surface area contributed by atoms with E-state index in [9.17, 15) is 4.79 Å². The van der Waals surface area contributed by atoms with Gasteiger partial charge in [-0.3, -0.25) is 14.7 Å². The van der Waals surface area contributed by atoms with Crippen molar-refractivity contribution in [3.05, 3.63) is 29.6 Å². The van der Waals surface area contributed by atoms with Gasteiger partial charge in [0.25, 0.3) is 0 Å². The van der Waals surface area contributed by atoms with Gasteiger partial charge in [-0.15, -0.1) is 0 Å². The monoisotopic (exact) mass is 295 g/mol.